The zero-order chi connectivity index (χ0) is 12.1. The van der Waals surface area contributed by atoms with Gasteiger partial charge >= 0.3 is 0 Å². The Morgan fingerprint density at radius 2 is 2.06 bits per heavy atom. The lowest BCUT2D eigenvalue weighted by atomic mass is 10.1. The summed E-state index contributed by atoms with van der Waals surface area (Å²) in [5.41, 5.74) is 1.03. The summed E-state index contributed by atoms with van der Waals surface area (Å²) in [6.07, 6.45) is 2.99. The molecule has 0 aliphatic heterocycles. The van der Waals surface area contributed by atoms with Crippen LogP contribution in [0.15, 0.2) is 40.9 Å². The maximum Gasteiger partial charge on any atom is 0.214 e. The molecule has 1 heterocycles. The van der Waals surface area contributed by atoms with Crippen LogP contribution in [0.3, 0.4) is 0 Å². The number of benzene rings is 1. The molecule has 2 rings (SSSR count). The molecule has 0 amide bonds. The summed E-state index contributed by atoms with van der Waals surface area (Å²) < 4.78 is 5.14. The third-order valence-electron chi connectivity index (χ3n) is 2.60. The van der Waals surface area contributed by atoms with Gasteiger partial charge in [-0.1, -0.05) is 48.8 Å². The van der Waals surface area contributed by atoms with E-state index in [1.165, 1.54) is 0 Å². The SMILES string of the molecule is CCCCc1cc(C(=O)c2ccccc2)no1. The minimum Gasteiger partial charge on any atom is -0.361 e. The topological polar surface area (TPSA) is 43.1 Å². The molecule has 0 unspecified atom stereocenters. The summed E-state index contributed by atoms with van der Waals surface area (Å²) in [5.74, 6) is 0.697. The van der Waals surface area contributed by atoms with E-state index in [0.717, 1.165) is 25.0 Å². The van der Waals surface area contributed by atoms with Gasteiger partial charge in [0.15, 0.2) is 5.69 Å². The Morgan fingerprint density at radius 1 is 1.29 bits per heavy atom. The highest BCUT2D eigenvalue weighted by Crippen LogP contribution is 2.12. The fraction of sp³-hybridized carbons (Fsp3) is 0.286. The number of nitrogens with zero attached hydrogens (tertiary/aromatic N) is 1. The monoisotopic (exact) mass is 229 g/mol. The molecule has 0 spiro atoms. The van der Waals surface area contributed by atoms with Gasteiger partial charge in [0.2, 0.25) is 5.78 Å². The lowest BCUT2D eigenvalue weighted by Gasteiger charge is -1.94. The van der Waals surface area contributed by atoms with Crippen molar-refractivity contribution in [3.05, 3.63) is 53.4 Å². The molecule has 0 bridgehead atoms. The number of hydrogen-bond donors (Lipinski definition) is 0. The van der Waals surface area contributed by atoms with E-state index in [-0.39, 0.29) is 5.78 Å². The molecule has 1 aromatic carbocycles. The van der Waals surface area contributed by atoms with Gasteiger partial charge in [-0.25, -0.2) is 0 Å². The summed E-state index contributed by atoms with van der Waals surface area (Å²) in [5, 5.41) is 3.82. The molecule has 0 aliphatic rings. The van der Waals surface area contributed by atoms with Gasteiger partial charge in [-0.15, -0.1) is 0 Å². The third kappa shape index (κ3) is 2.81. The van der Waals surface area contributed by atoms with Crippen LogP contribution >= 0.6 is 0 Å². The Hall–Kier alpha value is -1.90. The quantitative estimate of drug-likeness (QED) is 0.739. The van der Waals surface area contributed by atoms with E-state index < -0.39 is 0 Å². The van der Waals surface area contributed by atoms with Crippen molar-refractivity contribution in [3.63, 3.8) is 0 Å². The highest BCUT2D eigenvalue weighted by atomic mass is 16.5. The summed E-state index contributed by atoms with van der Waals surface area (Å²) in [6.45, 7) is 2.12. The minimum absolute atomic E-state index is 0.0860. The molecule has 0 fully saturated rings. The van der Waals surface area contributed by atoms with Crippen LogP contribution in [0.2, 0.25) is 0 Å². The average Bonchev–Trinajstić information content (AvgIpc) is 2.85. The number of ketones is 1. The number of carbonyl (C=O) groups is 1. The van der Waals surface area contributed by atoms with Gasteiger partial charge in [-0.05, 0) is 6.42 Å². The van der Waals surface area contributed by atoms with Crippen molar-refractivity contribution < 1.29 is 9.32 Å². The first-order chi connectivity index (χ1) is 8.31. The molecule has 0 atom stereocenters. The number of carbonyl (C=O) groups excluding carboxylic acids is 1. The molecule has 0 aliphatic carbocycles. The molecule has 3 nitrogen and oxygen atoms in total. The molecule has 17 heavy (non-hydrogen) atoms. The van der Waals surface area contributed by atoms with Crippen molar-refractivity contribution >= 4 is 5.78 Å². The Labute approximate surface area is 100 Å². The van der Waals surface area contributed by atoms with Crippen molar-refractivity contribution in [2.45, 2.75) is 26.2 Å². The van der Waals surface area contributed by atoms with E-state index in [4.69, 9.17) is 4.52 Å². The maximum atomic E-state index is 12.0. The number of aromatic nitrogens is 1. The molecule has 0 radical (unpaired) electrons. The number of rotatable bonds is 5. The first-order valence-corrected chi connectivity index (χ1v) is 5.86. The second-order valence-corrected chi connectivity index (χ2v) is 3.98. The van der Waals surface area contributed by atoms with E-state index in [1.54, 1.807) is 18.2 Å². The van der Waals surface area contributed by atoms with Crippen LogP contribution in [0, 0.1) is 0 Å². The maximum absolute atomic E-state index is 12.0. The molecular formula is C14H15NO2. The van der Waals surface area contributed by atoms with Gasteiger partial charge < -0.3 is 4.52 Å². The second-order valence-electron chi connectivity index (χ2n) is 3.98. The molecule has 2 aromatic rings. The van der Waals surface area contributed by atoms with Crippen molar-refractivity contribution in [2.24, 2.45) is 0 Å². The number of aryl methyl sites for hydroxylation is 1. The van der Waals surface area contributed by atoms with Crippen LogP contribution in [-0.2, 0) is 6.42 Å². The van der Waals surface area contributed by atoms with Crippen LogP contribution in [0.1, 0.15) is 41.6 Å². The summed E-state index contributed by atoms with van der Waals surface area (Å²) in [6, 6.07) is 10.9. The van der Waals surface area contributed by atoms with Crippen LogP contribution in [0.5, 0.6) is 0 Å². The Bertz CT molecular complexity index is 488. The van der Waals surface area contributed by atoms with Crippen LogP contribution in [0.4, 0.5) is 0 Å². The van der Waals surface area contributed by atoms with E-state index in [1.807, 2.05) is 18.2 Å². The molecule has 0 saturated heterocycles. The normalized spacial score (nSPS) is 10.4. The third-order valence-corrected chi connectivity index (χ3v) is 2.60. The average molecular weight is 229 g/mol. The molecule has 3 heteroatoms. The summed E-state index contributed by atoms with van der Waals surface area (Å²) in [7, 11) is 0. The predicted molar refractivity (Wildman–Crippen MR) is 65.0 cm³/mol. The van der Waals surface area contributed by atoms with Crippen molar-refractivity contribution in [2.75, 3.05) is 0 Å². The van der Waals surface area contributed by atoms with E-state index in [2.05, 4.69) is 12.1 Å². The zero-order valence-electron chi connectivity index (χ0n) is 9.85. The van der Waals surface area contributed by atoms with Gasteiger partial charge in [0.25, 0.3) is 0 Å². The lowest BCUT2D eigenvalue weighted by molar-refractivity contribution is 0.103. The van der Waals surface area contributed by atoms with Crippen molar-refractivity contribution in [1.82, 2.24) is 5.16 Å². The van der Waals surface area contributed by atoms with Crippen LogP contribution in [-0.4, -0.2) is 10.9 Å². The zero-order valence-corrected chi connectivity index (χ0v) is 9.85. The van der Waals surface area contributed by atoms with Gasteiger partial charge in [0.1, 0.15) is 5.76 Å². The highest BCUT2D eigenvalue weighted by Gasteiger charge is 2.13. The molecule has 88 valence electrons. The molecule has 1 aromatic heterocycles. The standard InChI is InChI=1S/C14H15NO2/c1-2-3-9-12-10-13(15-17-12)14(16)11-7-5-4-6-8-11/h4-8,10H,2-3,9H2,1H3. The lowest BCUT2D eigenvalue weighted by Crippen LogP contribution is -2.00. The highest BCUT2D eigenvalue weighted by molar-refractivity contribution is 6.07. The second kappa shape index (κ2) is 5.43. The fourth-order valence-electron chi connectivity index (χ4n) is 1.63. The first kappa shape index (κ1) is 11.6. The van der Waals surface area contributed by atoms with Gasteiger partial charge in [-0.2, -0.15) is 0 Å². The predicted octanol–water partition coefficient (Wildman–Crippen LogP) is 3.25. The largest absolute Gasteiger partial charge is 0.361 e. The van der Waals surface area contributed by atoms with Crippen molar-refractivity contribution in [3.8, 4) is 0 Å². The smallest absolute Gasteiger partial charge is 0.214 e. The Kier molecular flexibility index (Phi) is 3.70. The molecule has 0 N–H and O–H groups in total. The number of hydrogen-bond acceptors (Lipinski definition) is 3. The van der Waals surface area contributed by atoms with Crippen LogP contribution in [0.25, 0.3) is 0 Å². The Morgan fingerprint density at radius 3 is 2.76 bits per heavy atom. The number of unbranched alkanes of at least 4 members (excludes halogenated alkanes) is 1. The van der Waals surface area contributed by atoms with E-state index in [9.17, 15) is 4.79 Å². The molecular weight excluding hydrogens is 214 g/mol. The van der Waals surface area contributed by atoms with Gasteiger partial charge in [-0.3, -0.25) is 4.79 Å². The fourth-order valence-corrected chi connectivity index (χ4v) is 1.63. The van der Waals surface area contributed by atoms with Gasteiger partial charge in [0.05, 0.1) is 0 Å². The van der Waals surface area contributed by atoms with E-state index >= 15 is 0 Å². The summed E-state index contributed by atoms with van der Waals surface area (Å²) >= 11 is 0. The van der Waals surface area contributed by atoms with E-state index in [0.29, 0.717) is 11.3 Å². The van der Waals surface area contributed by atoms with Crippen LogP contribution < -0.4 is 0 Å². The van der Waals surface area contributed by atoms with Gasteiger partial charge in [0, 0.05) is 18.1 Å². The minimum atomic E-state index is -0.0860. The first-order valence-electron chi connectivity index (χ1n) is 5.86. The van der Waals surface area contributed by atoms with Crippen molar-refractivity contribution in [1.29, 1.82) is 0 Å². The Balaban J connectivity index is 2.12. The molecule has 0 saturated carbocycles. The summed E-state index contributed by atoms with van der Waals surface area (Å²) in [4.78, 5) is 12.0.